The molecule has 5 nitrogen and oxygen atoms in total. The molecule has 18 heavy (non-hydrogen) atoms. The van der Waals surface area contributed by atoms with Crippen LogP contribution in [0.5, 0.6) is 0 Å². The number of anilines is 1. The van der Waals surface area contributed by atoms with Crippen LogP contribution in [0, 0.1) is 11.3 Å². The Morgan fingerprint density at radius 3 is 2.67 bits per heavy atom. The van der Waals surface area contributed by atoms with Gasteiger partial charge in [0.1, 0.15) is 26.5 Å². The third-order valence-corrected chi connectivity index (χ3v) is 4.39. The molecule has 1 aromatic rings. The molecule has 8 heteroatoms. The molecule has 0 aliphatic heterocycles. The minimum Gasteiger partial charge on any atom is -0.370 e. The number of hydrogen-bond donors (Lipinski definition) is 1. The van der Waals surface area contributed by atoms with E-state index in [0.717, 1.165) is 11.5 Å². The maximum Gasteiger partial charge on any atom is 0.162 e. The highest BCUT2D eigenvalue weighted by atomic mass is 35.5. The van der Waals surface area contributed by atoms with E-state index in [-0.39, 0.29) is 10.9 Å². The smallest absolute Gasteiger partial charge is 0.162 e. The van der Waals surface area contributed by atoms with Crippen LogP contribution in [0.15, 0.2) is 0 Å². The number of aromatic nitrogens is 1. The van der Waals surface area contributed by atoms with Gasteiger partial charge in [0.05, 0.1) is 5.75 Å². The van der Waals surface area contributed by atoms with E-state index in [9.17, 15) is 8.42 Å². The number of hydrogen-bond acceptors (Lipinski definition) is 6. The Bertz CT molecular complexity index is 572. The van der Waals surface area contributed by atoms with Gasteiger partial charge in [0, 0.05) is 11.8 Å². The molecule has 0 atom stereocenters. The van der Waals surface area contributed by atoms with Gasteiger partial charge in [0.25, 0.3) is 0 Å². The molecule has 0 saturated heterocycles. The number of nitrogens with one attached hydrogen (secondary N) is 1. The molecule has 1 N–H and O–H groups in total. The van der Waals surface area contributed by atoms with Crippen LogP contribution in [-0.2, 0) is 9.84 Å². The summed E-state index contributed by atoms with van der Waals surface area (Å²) in [6.45, 7) is 3.74. The monoisotopic (exact) mass is 307 g/mol. The first kappa shape index (κ1) is 15.2. The van der Waals surface area contributed by atoms with Crippen LogP contribution in [0.4, 0.5) is 5.00 Å². The lowest BCUT2D eigenvalue weighted by molar-refractivity contribution is 0.537. The van der Waals surface area contributed by atoms with Crippen molar-refractivity contribution in [1.29, 1.82) is 5.26 Å². The van der Waals surface area contributed by atoms with Crippen LogP contribution in [0.1, 0.15) is 25.8 Å². The average Bonchev–Trinajstić information content (AvgIpc) is 2.55. The fourth-order valence-corrected chi connectivity index (χ4v) is 3.26. The highest BCUT2D eigenvalue weighted by Gasteiger charge is 2.23. The molecular weight excluding hydrogens is 294 g/mol. The second-order valence-electron chi connectivity index (χ2n) is 4.68. The van der Waals surface area contributed by atoms with Crippen molar-refractivity contribution in [2.75, 3.05) is 17.3 Å². The summed E-state index contributed by atoms with van der Waals surface area (Å²) in [6, 6.07) is 1.97. The quantitative estimate of drug-likeness (QED) is 0.902. The van der Waals surface area contributed by atoms with Gasteiger partial charge in [-0.25, -0.2) is 8.42 Å². The van der Waals surface area contributed by atoms with Gasteiger partial charge >= 0.3 is 0 Å². The molecule has 0 amide bonds. The molecule has 1 aromatic heterocycles. The molecule has 100 valence electrons. The Hall–Kier alpha value is -0.840. The summed E-state index contributed by atoms with van der Waals surface area (Å²) in [5.74, 6) is 0.0847. The van der Waals surface area contributed by atoms with Gasteiger partial charge < -0.3 is 5.32 Å². The van der Waals surface area contributed by atoms with Crippen LogP contribution in [-0.4, -0.2) is 30.3 Å². The molecule has 1 heterocycles. The molecule has 0 bridgehead atoms. The third-order valence-electron chi connectivity index (χ3n) is 2.31. The molecule has 0 radical (unpaired) electrons. The van der Waals surface area contributed by atoms with Gasteiger partial charge in [-0.05, 0) is 31.8 Å². The van der Waals surface area contributed by atoms with E-state index in [2.05, 4.69) is 9.69 Å². The SMILES string of the molecule is CC(C)(CCS(C)(=O)=O)Nc1snc(Cl)c1C#N. The largest absolute Gasteiger partial charge is 0.370 e. The summed E-state index contributed by atoms with van der Waals surface area (Å²) in [6.07, 6.45) is 1.64. The maximum absolute atomic E-state index is 11.1. The first-order valence-electron chi connectivity index (χ1n) is 5.16. The van der Waals surface area contributed by atoms with Crippen LogP contribution >= 0.6 is 23.1 Å². The molecule has 0 saturated carbocycles. The molecule has 0 aliphatic rings. The minimum atomic E-state index is -3.00. The van der Waals surface area contributed by atoms with Crippen molar-refractivity contribution in [2.45, 2.75) is 25.8 Å². The lowest BCUT2D eigenvalue weighted by atomic mass is 10.0. The van der Waals surface area contributed by atoms with Crippen molar-refractivity contribution < 1.29 is 8.42 Å². The molecule has 0 aliphatic carbocycles. The highest BCUT2D eigenvalue weighted by molar-refractivity contribution is 7.90. The van der Waals surface area contributed by atoms with Gasteiger partial charge in [0.15, 0.2) is 5.15 Å². The van der Waals surface area contributed by atoms with Crippen molar-refractivity contribution in [2.24, 2.45) is 0 Å². The summed E-state index contributed by atoms with van der Waals surface area (Å²) >= 11 is 6.86. The second-order valence-corrected chi connectivity index (χ2v) is 8.07. The zero-order valence-corrected chi connectivity index (χ0v) is 12.7. The predicted octanol–water partition coefficient (Wildman–Crippen LogP) is 2.29. The molecule has 1 rings (SSSR count). The summed E-state index contributed by atoms with van der Waals surface area (Å²) < 4.78 is 26.2. The fraction of sp³-hybridized carbons (Fsp3) is 0.600. The topological polar surface area (TPSA) is 82.8 Å². The van der Waals surface area contributed by atoms with E-state index in [1.165, 1.54) is 6.26 Å². The predicted molar refractivity (Wildman–Crippen MR) is 73.9 cm³/mol. The van der Waals surface area contributed by atoms with E-state index in [4.69, 9.17) is 16.9 Å². The first-order valence-corrected chi connectivity index (χ1v) is 8.37. The van der Waals surface area contributed by atoms with E-state index < -0.39 is 15.4 Å². The lowest BCUT2D eigenvalue weighted by Gasteiger charge is -2.26. The summed E-state index contributed by atoms with van der Waals surface area (Å²) in [5.41, 5.74) is -0.154. The summed E-state index contributed by atoms with van der Waals surface area (Å²) in [7, 11) is -3.00. The van der Waals surface area contributed by atoms with Crippen molar-refractivity contribution in [3.63, 3.8) is 0 Å². The first-order chi connectivity index (χ1) is 8.14. The second kappa shape index (κ2) is 5.43. The van der Waals surface area contributed by atoms with E-state index >= 15 is 0 Å². The fourth-order valence-electron chi connectivity index (χ4n) is 1.26. The Morgan fingerprint density at radius 1 is 1.56 bits per heavy atom. The zero-order valence-electron chi connectivity index (χ0n) is 10.3. The van der Waals surface area contributed by atoms with E-state index in [1.807, 2.05) is 19.9 Å². The van der Waals surface area contributed by atoms with Gasteiger partial charge in [-0.3, -0.25) is 0 Å². The van der Waals surface area contributed by atoms with Gasteiger partial charge in [-0.15, -0.1) is 0 Å². The van der Waals surface area contributed by atoms with Crippen LogP contribution in [0.2, 0.25) is 5.15 Å². The van der Waals surface area contributed by atoms with Crippen LogP contribution in [0.25, 0.3) is 0 Å². The molecule has 0 unspecified atom stereocenters. The Labute approximate surface area is 116 Å². The Balaban J connectivity index is 2.80. The average molecular weight is 308 g/mol. The Kier molecular flexibility index (Phi) is 4.59. The highest BCUT2D eigenvalue weighted by Crippen LogP contribution is 2.30. The van der Waals surface area contributed by atoms with Crippen LogP contribution in [0.3, 0.4) is 0 Å². The normalized spacial score (nSPS) is 12.2. The third kappa shape index (κ3) is 4.44. The number of nitrogens with zero attached hydrogens (tertiary/aromatic N) is 2. The maximum atomic E-state index is 11.1. The van der Waals surface area contributed by atoms with E-state index in [1.54, 1.807) is 0 Å². The number of rotatable bonds is 5. The van der Waals surface area contributed by atoms with Crippen LogP contribution < -0.4 is 5.32 Å². The van der Waals surface area contributed by atoms with Crippen molar-refractivity contribution in [3.8, 4) is 6.07 Å². The molecule has 0 fully saturated rings. The molecule has 0 aromatic carbocycles. The van der Waals surface area contributed by atoms with E-state index in [0.29, 0.717) is 17.0 Å². The summed E-state index contributed by atoms with van der Waals surface area (Å²) in [5, 5.41) is 12.8. The number of sulfone groups is 1. The van der Waals surface area contributed by atoms with Gasteiger partial charge in [-0.1, -0.05) is 11.6 Å². The standard InChI is InChI=1S/C10H14ClN3O2S2/c1-10(2,4-5-18(3,15)16)13-9-7(6-12)8(11)14-17-9/h13H,4-5H2,1-3H3. The summed E-state index contributed by atoms with van der Waals surface area (Å²) in [4.78, 5) is 0. The lowest BCUT2D eigenvalue weighted by Crippen LogP contribution is -2.33. The van der Waals surface area contributed by atoms with Crippen molar-refractivity contribution in [1.82, 2.24) is 4.37 Å². The van der Waals surface area contributed by atoms with Gasteiger partial charge in [0.2, 0.25) is 0 Å². The number of nitriles is 1. The Morgan fingerprint density at radius 2 is 2.17 bits per heavy atom. The molecule has 0 spiro atoms. The molecular formula is C10H14ClN3O2S2. The van der Waals surface area contributed by atoms with Crippen molar-refractivity contribution in [3.05, 3.63) is 10.7 Å². The zero-order chi connectivity index (χ0) is 14.0. The van der Waals surface area contributed by atoms with Crippen molar-refractivity contribution >= 4 is 38.0 Å². The minimum absolute atomic E-state index is 0.0847. The number of halogens is 1. The van der Waals surface area contributed by atoms with Gasteiger partial charge in [-0.2, -0.15) is 9.64 Å².